The molecule has 0 bridgehead atoms. The molecule has 0 aliphatic carbocycles. The highest BCUT2D eigenvalue weighted by Gasteiger charge is 2.31. The van der Waals surface area contributed by atoms with E-state index < -0.39 is 0 Å². The van der Waals surface area contributed by atoms with E-state index in [0.717, 1.165) is 18.9 Å². The van der Waals surface area contributed by atoms with Crippen LogP contribution >= 0.6 is 0 Å². The number of rotatable bonds is 3. The van der Waals surface area contributed by atoms with Crippen molar-refractivity contribution in [3.05, 3.63) is 48.1 Å². The fourth-order valence-electron chi connectivity index (χ4n) is 2.56. The lowest BCUT2D eigenvalue weighted by molar-refractivity contribution is 0.305. The first-order valence-electron chi connectivity index (χ1n) is 6.11. The smallest absolute Gasteiger partial charge is 0.213 e. The second-order valence-corrected chi connectivity index (χ2v) is 4.72. The lowest BCUT2D eigenvalue weighted by atomic mass is 9.95. The summed E-state index contributed by atoms with van der Waals surface area (Å²) in [6, 6.07) is 10.6. The van der Waals surface area contributed by atoms with Gasteiger partial charge in [-0.1, -0.05) is 35.5 Å². The maximum absolute atomic E-state index is 6.22. The van der Waals surface area contributed by atoms with E-state index in [4.69, 9.17) is 10.3 Å². The van der Waals surface area contributed by atoms with Crippen molar-refractivity contribution in [2.24, 2.45) is 5.73 Å². The van der Waals surface area contributed by atoms with Gasteiger partial charge < -0.3 is 10.3 Å². The van der Waals surface area contributed by atoms with E-state index in [1.165, 1.54) is 12.0 Å². The minimum atomic E-state index is 0.166. The lowest BCUT2D eigenvalue weighted by Crippen LogP contribution is -2.28. The van der Waals surface area contributed by atoms with E-state index in [9.17, 15) is 0 Å². The van der Waals surface area contributed by atoms with Crippen LogP contribution in [0, 0.1) is 0 Å². The maximum atomic E-state index is 6.22. The van der Waals surface area contributed by atoms with Gasteiger partial charge >= 0.3 is 0 Å². The molecule has 0 unspecified atom stereocenters. The average molecular weight is 244 g/mol. The Balaban J connectivity index is 1.69. The molecule has 1 aliphatic heterocycles. The Labute approximate surface area is 106 Å². The van der Waals surface area contributed by atoms with Crippen molar-refractivity contribution in [2.45, 2.75) is 18.5 Å². The van der Waals surface area contributed by atoms with Gasteiger partial charge in [-0.25, -0.2) is 0 Å². The summed E-state index contributed by atoms with van der Waals surface area (Å²) in [5.41, 5.74) is 7.53. The molecule has 2 heterocycles. The van der Waals surface area contributed by atoms with Crippen LogP contribution in [0.2, 0.25) is 0 Å². The Morgan fingerprint density at radius 1 is 1.28 bits per heavy atom. The van der Waals surface area contributed by atoms with Crippen molar-refractivity contribution >= 4 is 0 Å². The Bertz CT molecular complexity index is 485. The van der Waals surface area contributed by atoms with Gasteiger partial charge in [0.1, 0.15) is 0 Å². The average Bonchev–Trinajstić information content (AvgIpc) is 3.01. The topological polar surface area (TPSA) is 68.2 Å². The van der Waals surface area contributed by atoms with Crippen molar-refractivity contribution in [1.82, 2.24) is 15.0 Å². The summed E-state index contributed by atoms with van der Waals surface area (Å²) in [5.74, 6) is 1.11. The molecule has 5 heteroatoms. The normalized spacial score (nSPS) is 24.5. The van der Waals surface area contributed by atoms with Gasteiger partial charge in [0, 0.05) is 25.0 Å². The summed E-state index contributed by atoms with van der Waals surface area (Å²) in [7, 11) is 0. The molecule has 0 saturated carbocycles. The lowest BCUT2D eigenvalue weighted by Gasteiger charge is -2.14. The van der Waals surface area contributed by atoms with Gasteiger partial charge in [0.15, 0.2) is 5.82 Å². The first-order valence-corrected chi connectivity index (χ1v) is 6.11. The molecule has 0 spiro atoms. The van der Waals surface area contributed by atoms with Gasteiger partial charge in [-0.2, -0.15) is 4.98 Å². The van der Waals surface area contributed by atoms with Crippen molar-refractivity contribution in [3.63, 3.8) is 0 Å². The van der Waals surface area contributed by atoms with Crippen LogP contribution in [-0.2, 0) is 6.54 Å². The van der Waals surface area contributed by atoms with Gasteiger partial charge in [-0.15, -0.1) is 0 Å². The highest BCUT2D eigenvalue weighted by Crippen LogP contribution is 2.26. The molecule has 1 fully saturated rings. The summed E-state index contributed by atoms with van der Waals surface area (Å²) in [4.78, 5) is 6.31. The van der Waals surface area contributed by atoms with Crippen LogP contribution in [0.15, 0.2) is 41.2 Å². The van der Waals surface area contributed by atoms with Gasteiger partial charge in [-0.3, -0.25) is 4.90 Å². The van der Waals surface area contributed by atoms with Crippen molar-refractivity contribution in [1.29, 1.82) is 0 Å². The van der Waals surface area contributed by atoms with Crippen LogP contribution in [0.4, 0.5) is 0 Å². The molecule has 94 valence electrons. The van der Waals surface area contributed by atoms with Crippen molar-refractivity contribution < 1.29 is 4.52 Å². The minimum absolute atomic E-state index is 0.166. The Kier molecular flexibility index (Phi) is 3.08. The predicted octanol–water partition coefficient (Wildman–Crippen LogP) is 0.996. The second kappa shape index (κ2) is 4.88. The SMILES string of the molecule is N[C@@H]1CN(Cc2ncon2)C[C@H]1c1ccccc1. The molecule has 0 amide bonds. The van der Waals surface area contributed by atoms with Crippen LogP contribution in [-0.4, -0.2) is 34.2 Å². The molecule has 1 aromatic heterocycles. The summed E-state index contributed by atoms with van der Waals surface area (Å²) in [6.45, 7) is 2.52. The monoisotopic (exact) mass is 244 g/mol. The second-order valence-electron chi connectivity index (χ2n) is 4.72. The molecule has 1 saturated heterocycles. The molecule has 0 radical (unpaired) electrons. The third-order valence-corrected chi connectivity index (χ3v) is 3.44. The van der Waals surface area contributed by atoms with E-state index in [2.05, 4.69) is 39.3 Å². The van der Waals surface area contributed by atoms with Gasteiger partial charge in [0.2, 0.25) is 6.39 Å². The van der Waals surface area contributed by atoms with E-state index in [-0.39, 0.29) is 6.04 Å². The van der Waals surface area contributed by atoms with Crippen LogP contribution < -0.4 is 5.73 Å². The quantitative estimate of drug-likeness (QED) is 0.872. The standard InChI is InChI=1S/C13H16N4O/c14-12-7-17(8-13-15-9-18-16-13)6-11(12)10-4-2-1-3-5-10/h1-5,9,11-12H,6-8,14H2/t11-,12+/m0/s1. The van der Waals surface area contributed by atoms with Gasteiger partial charge in [-0.05, 0) is 5.56 Å². The van der Waals surface area contributed by atoms with E-state index >= 15 is 0 Å². The summed E-state index contributed by atoms with van der Waals surface area (Å²) >= 11 is 0. The zero-order valence-electron chi connectivity index (χ0n) is 10.1. The van der Waals surface area contributed by atoms with Crippen LogP contribution in [0.5, 0.6) is 0 Å². The first-order chi connectivity index (χ1) is 8.83. The molecule has 5 nitrogen and oxygen atoms in total. The third-order valence-electron chi connectivity index (χ3n) is 3.44. The Morgan fingerprint density at radius 2 is 2.11 bits per heavy atom. The summed E-state index contributed by atoms with van der Waals surface area (Å²) in [6.07, 6.45) is 1.36. The van der Waals surface area contributed by atoms with E-state index in [0.29, 0.717) is 12.5 Å². The molecule has 2 aromatic rings. The molecule has 3 rings (SSSR count). The maximum Gasteiger partial charge on any atom is 0.213 e. The molecule has 2 N–H and O–H groups in total. The number of hydrogen-bond acceptors (Lipinski definition) is 5. The van der Waals surface area contributed by atoms with Gasteiger partial charge in [0.05, 0.1) is 6.54 Å². The minimum Gasteiger partial charge on any atom is -0.343 e. The number of aromatic nitrogens is 2. The van der Waals surface area contributed by atoms with Crippen molar-refractivity contribution in [2.75, 3.05) is 13.1 Å². The highest BCUT2D eigenvalue weighted by molar-refractivity contribution is 5.23. The number of nitrogens with zero attached hydrogens (tertiary/aromatic N) is 3. The number of benzene rings is 1. The van der Waals surface area contributed by atoms with Crippen LogP contribution in [0.25, 0.3) is 0 Å². The largest absolute Gasteiger partial charge is 0.343 e. The molecule has 18 heavy (non-hydrogen) atoms. The zero-order valence-corrected chi connectivity index (χ0v) is 10.1. The number of hydrogen-bond donors (Lipinski definition) is 1. The predicted molar refractivity (Wildman–Crippen MR) is 66.7 cm³/mol. The van der Waals surface area contributed by atoms with Crippen LogP contribution in [0.1, 0.15) is 17.3 Å². The number of nitrogens with two attached hydrogens (primary N) is 1. The van der Waals surface area contributed by atoms with Gasteiger partial charge in [0.25, 0.3) is 0 Å². The first kappa shape index (κ1) is 11.4. The molecular weight excluding hydrogens is 228 g/mol. The highest BCUT2D eigenvalue weighted by atomic mass is 16.5. The number of likely N-dealkylation sites (tertiary alicyclic amines) is 1. The van der Waals surface area contributed by atoms with Crippen molar-refractivity contribution in [3.8, 4) is 0 Å². The Morgan fingerprint density at radius 3 is 2.83 bits per heavy atom. The fourth-order valence-corrected chi connectivity index (χ4v) is 2.56. The zero-order chi connectivity index (χ0) is 12.4. The third kappa shape index (κ3) is 2.27. The van der Waals surface area contributed by atoms with Crippen LogP contribution in [0.3, 0.4) is 0 Å². The summed E-state index contributed by atoms with van der Waals surface area (Å²) < 4.78 is 4.74. The molecule has 1 aromatic carbocycles. The molecule has 1 aliphatic rings. The fraction of sp³-hybridized carbons (Fsp3) is 0.385. The molecule has 2 atom stereocenters. The van der Waals surface area contributed by atoms with E-state index in [1.807, 2.05) is 6.07 Å². The summed E-state index contributed by atoms with van der Waals surface area (Å²) in [5, 5.41) is 3.83. The molecular formula is C13H16N4O. The Hall–Kier alpha value is -1.72. The van der Waals surface area contributed by atoms with E-state index in [1.54, 1.807) is 0 Å².